The Labute approximate surface area is 128 Å². The topological polar surface area (TPSA) is 84.2 Å². The summed E-state index contributed by atoms with van der Waals surface area (Å²) >= 11 is 0. The molecular weight excluding hydrogens is 282 g/mol. The van der Waals surface area contributed by atoms with Gasteiger partial charge in [-0.3, -0.25) is 9.78 Å². The lowest BCUT2D eigenvalue weighted by molar-refractivity contribution is 0.0722. The molecule has 1 amide bonds. The van der Waals surface area contributed by atoms with E-state index < -0.39 is 0 Å². The van der Waals surface area contributed by atoms with Gasteiger partial charge < -0.3 is 14.7 Å². The van der Waals surface area contributed by atoms with Gasteiger partial charge in [-0.2, -0.15) is 0 Å². The minimum atomic E-state index is -0.109. The molecule has 0 saturated carbocycles. The number of carbonyl (C=O) groups excluding carboxylic acids is 1. The average Bonchev–Trinajstić information content (AvgIpc) is 3.23. The number of carbonyl (C=O) groups is 1. The number of likely N-dealkylation sites (tertiary alicyclic amines) is 1. The van der Waals surface area contributed by atoms with Gasteiger partial charge in [-0.05, 0) is 12.8 Å². The van der Waals surface area contributed by atoms with E-state index in [1.807, 2.05) is 6.92 Å². The molecule has 1 unspecified atom stereocenters. The molecule has 0 aromatic carbocycles. The van der Waals surface area contributed by atoms with Crippen molar-refractivity contribution in [2.75, 3.05) is 18.9 Å². The third kappa shape index (κ3) is 2.66. The van der Waals surface area contributed by atoms with Crippen LogP contribution >= 0.6 is 0 Å². The quantitative estimate of drug-likeness (QED) is 0.930. The van der Waals surface area contributed by atoms with E-state index in [0.29, 0.717) is 18.1 Å². The van der Waals surface area contributed by atoms with E-state index in [0.717, 1.165) is 30.7 Å². The van der Waals surface area contributed by atoms with Gasteiger partial charge in [-0.15, -0.1) is 0 Å². The predicted molar refractivity (Wildman–Crippen MR) is 80.5 cm³/mol. The molecule has 22 heavy (non-hydrogen) atoms. The zero-order chi connectivity index (χ0) is 15.5. The van der Waals surface area contributed by atoms with Crippen LogP contribution in [0.4, 0.5) is 5.82 Å². The standard InChI is InChI=1S/C15H19N5O2/c1-3-10-7-11(19-22-10)15(21)20-6-4-5-13(20)12-8-17-9-14(16-2)18-12/h7-9,13H,3-6H2,1-2H3,(H,16,18). The molecule has 2 aromatic heterocycles. The smallest absolute Gasteiger partial charge is 0.276 e. The molecule has 0 aliphatic carbocycles. The second-order valence-electron chi connectivity index (χ2n) is 5.27. The number of hydrogen-bond donors (Lipinski definition) is 1. The highest BCUT2D eigenvalue weighted by molar-refractivity contribution is 5.92. The minimum Gasteiger partial charge on any atom is -0.372 e. The van der Waals surface area contributed by atoms with Crippen LogP contribution in [0.3, 0.4) is 0 Å². The molecule has 116 valence electrons. The maximum Gasteiger partial charge on any atom is 0.276 e. The summed E-state index contributed by atoms with van der Waals surface area (Å²) in [5, 5.41) is 6.85. The maximum atomic E-state index is 12.7. The summed E-state index contributed by atoms with van der Waals surface area (Å²) in [6.45, 7) is 2.66. The Morgan fingerprint density at radius 2 is 2.36 bits per heavy atom. The van der Waals surface area contributed by atoms with Crippen molar-refractivity contribution < 1.29 is 9.32 Å². The molecule has 1 atom stereocenters. The number of aromatic nitrogens is 3. The minimum absolute atomic E-state index is 0.0601. The van der Waals surface area contributed by atoms with E-state index in [-0.39, 0.29) is 11.9 Å². The van der Waals surface area contributed by atoms with Crippen LogP contribution in [0.15, 0.2) is 23.0 Å². The van der Waals surface area contributed by atoms with Crippen molar-refractivity contribution in [2.45, 2.75) is 32.2 Å². The number of nitrogens with zero attached hydrogens (tertiary/aromatic N) is 4. The van der Waals surface area contributed by atoms with Gasteiger partial charge in [0.15, 0.2) is 5.69 Å². The lowest BCUT2D eigenvalue weighted by atomic mass is 10.1. The zero-order valence-corrected chi connectivity index (χ0v) is 12.7. The molecule has 1 saturated heterocycles. The first-order valence-corrected chi connectivity index (χ1v) is 7.49. The fourth-order valence-electron chi connectivity index (χ4n) is 2.71. The largest absolute Gasteiger partial charge is 0.372 e. The highest BCUT2D eigenvalue weighted by Gasteiger charge is 2.33. The Morgan fingerprint density at radius 3 is 3.09 bits per heavy atom. The van der Waals surface area contributed by atoms with Crippen LogP contribution in [0.2, 0.25) is 0 Å². The third-order valence-electron chi connectivity index (χ3n) is 3.89. The molecule has 1 aliphatic heterocycles. The van der Waals surface area contributed by atoms with Crippen LogP contribution in [0.5, 0.6) is 0 Å². The fraction of sp³-hybridized carbons (Fsp3) is 0.467. The predicted octanol–water partition coefficient (Wildman–Crippen LogP) is 2.05. The van der Waals surface area contributed by atoms with Crippen molar-refractivity contribution in [1.82, 2.24) is 20.0 Å². The number of nitrogens with one attached hydrogen (secondary N) is 1. The Bertz CT molecular complexity index is 669. The van der Waals surface area contributed by atoms with Crippen molar-refractivity contribution in [3.63, 3.8) is 0 Å². The van der Waals surface area contributed by atoms with Crippen LogP contribution in [0.25, 0.3) is 0 Å². The molecule has 3 rings (SSSR count). The SMILES string of the molecule is CCc1cc(C(=O)N2CCCC2c2cncc(NC)n2)no1. The Balaban J connectivity index is 1.84. The van der Waals surface area contributed by atoms with E-state index in [1.54, 1.807) is 30.4 Å². The summed E-state index contributed by atoms with van der Waals surface area (Å²) in [4.78, 5) is 23.2. The molecule has 1 fully saturated rings. The number of anilines is 1. The summed E-state index contributed by atoms with van der Waals surface area (Å²) in [5.74, 6) is 1.31. The number of rotatable bonds is 4. The molecule has 1 aliphatic rings. The Hall–Kier alpha value is -2.44. The number of hydrogen-bond acceptors (Lipinski definition) is 6. The molecule has 3 heterocycles. The highest BCUT2D eigenvalue weighted by atomic mass is 16.5. The summed E-state index contributed by atoms with van der Waals surface area (Å²) < 4.78 is 5.14. The first kappa shape index (κ1) is 14.5. The maximum absolute atomic E-state index is 12.7. The number of amides is 1. The van der Waals surface area contributed by atoms with Gasteiger partial charge in [0.05, 0.1) is 24.1 Å². The Morgan fingerprint density at radius 1 is 1.50 bits per heavy atom. The monoisotopic (exact) mass is 301 g/mol. The van der Waals surface area contributed by atoms with Crippen molar-refractivity contribution in [1.29, 1.82) is 0 Å². The van der Waals surface area contributed by atoms with Crippen molar-refractivity contribution in [3.05, 3.63) is 35.6 Å². The molecular formula is C15H19N5O2. The summed E-state index contributed by atoms with van der Waals surface area (Å²) in [5.41, 5.74) is 1.17. The van der Waals surface area contributed by atoms with E-state index >= 15 is 0 Å². The van der Waals surface area contributed by atoms with Crippen molar-refractivity contribution in [3.8, 4) is 0 Å². The number of aryl methyl sites for hydroxylation is 1. The van der Waals surface area contributed by atoms with Gasteiger partial charge in [-0.25, -0.2) is 4.98 Å². The van der Waals surface area contributed by atoms with Crippen molar-refractivity contribution in [2.24, 2.45) is 0 Å². The second kappa shape index (κ2) is 6.13. The molecule has 0 spiro atoms. The van der Waals surface area contributed by atoms with Gasteiger partial charge in [0.1, 0.15) is 11.6 Å². The van der Waals surface area contributed by atoms with Crippen molar-refractivity contribution >= 4 is 11.7 Å². The van der Waals surface area contributed by atoms with E-state index in [1.165, 1.54) is 0 Å². The molecule has 0 bridgehead atoms. The van der Waals surface area contributed by atoms with Gasteiger partial charge in [0, 0.05) is 26.1 Å². The first-order chi connectivity index (χ1) is 10.7. The molecule has 7 nitrogen and oxygen atoms in total. The lowest BCUT2D eigenvalue weighted by Gasteiger charge is -2.23. The van der Waals surface area contributed by atoms with Crippen LogP contribution in [0, 0.1) is 0 Å². The van der Waals surface area contributed by atoms with Gasteiger partial charge in [-0.1, -0.05) is 12.1 Å². The third-order valence-corrected chi connectivity index (χ3v) is 3.89. The van der Waals surface area contributed by atoms with Crippen LogP contribution < -0.4 is 5.32 Å². The molecule has 2 aromatic rings. The summed E-state index contributed by atoms with van der Waals surface area (Å²) in [6.07, 6.45) is 5.93. The van der Waals surface area contributed by atoms with Crippen LogP contribution in [-0.4, -0.2) is 39.5 Å². The molecule has 0 radical (unpaired) electrons. The normalized spacial score (nSPS) is 17.7. The van der Waals surface area contributed by atoms with E-state index in [9.17, 15) is 4.79 Å². The van der Waals surface area contributed by atoms with Gasteiger partial charge >= 0.3 is 0 Å². The zero-order valence-electron chi connectivity index (χ0n) is 12.7. The van der Waals surface area contributed by atoms with E-state index in [4.69, 9.17) is 4.52 Å². The van der Waals surface area contributed by atoms with Gasteiger partial charge in [0.2, 0.25) is 0 Å². The van der Waals surface area contributed by atoms with Crippen LogP contribution in [-0.2, 0) is 6.42 Å². The fourth-order valence-corrected chi connectivity index (χ4v) is 2.71. The summed E-state index contributed by atoms with van der Waals surface area (Å²) in [7, 11) is 1.80. The molecule has 7 heteroatoms. The van der Waals surface area contributed by atoms with Gasteiger partial charge in [0.25, 0.3) is 5.91 Å². The van der Waals surface area contributed by atoms with Crippen LogP contribution in [0.1, 0.15) is 47.7 Å². The second-order valence-corrected chi connectivity index (χ2v) is 5.27. The lowest BCUT2D eigenvalue weighted by Crippen LogP contribution is -2.31. The average molecular weight is 301 g/mol. The highest BCUT2D eigenvalue weighted by Crippen LogP contribution is 2.32. The van der Waals surface area contributed by atoms with E-state index in [2.05, 4.69) is 20.4 Å². The first-order valence-electron chi connectivity index (χ1n) is 7.49. The molecule has 1 N–H and O–H groups in total. The Kier molecular flexibility index (Phi) is 4.04. The summed E-state index contributed by atoms with van der Waals surface area (Å²) in [6, 6.07) is 1.66.